The molecule has 0 atom stereocenters. The van der Waals surface area contributed by atoms with Gasteiger partial charge in [0.15, 0.2) is 0 Å². The number of benzene rings is 1. The number of carbonyl (C=O) groups is 3. The number of nitrogen functional groups attached to an aromatic ring is 1. The minimum atomic E-state index is -0.488. The zero-order valence-electron chi connectivity index (χ0n) is 9.47. The normalized spacial score (nSPS) is 15.3. The first kappa shape index (κ1) is 12.1. The number of nitrogens with one attached hydrogen (secondary N) is 2. The minimum Gasteiger partial charge on any atom is -0.323 e. The molecule has 1 aliphatic heterocycles. The van der Waals surface area contributed by atoms with Crippen LogP contribution >= 0.6 is 0 Å². The monoisotopic (exact) mass is 248 g/mol. The summed E-state index contributed by atoms with van der Waals surface area (Å²) in [6.45, 7) is -0.271. The van der Waals surface area contributed by atoms with Gasteiger partial charge in [-0.1, -0.05) is 12.1 Å². The lowest BCUT2D eigenvalue weighted by Crippen LogP contribution is -2.53. The van der Waals surface area contributed by atoms with E-state index < -0.39 is 17.7 Å². The van der Waals surface area contributed by atoms with Crippen molar-refractivity contribution in [3.63, 3.8) is 0 Å². The second-order valence-corrected chi connectivity index (χ2v) is 3.82. The van der Waals surface area contributed by atoms with Crippen LogP contribution in [0.15, 0.2) is 24.3 Å². The van der Waals surface area contributed by atoms with Crippen molar-refractivity contribution >= 4 is 23.4 Å². The zero-order chi connectivity index (χ0) is 13.1. The Bertz CT molecular complexity index is 499. The van der Waals surface area contributed by atoms with Crippen LogP contribution in [0, 0.1) is 0 Å². The first-order valence-electron chi connectivity index (χ1n) is 5.29. The van der Waals surface area contributed by atoms with E-state index in [-0.39, 0.29) is 13.1 Å². The standard InChI is InChI=1S/C11H12N4O3/c12-14-8-4-2-1-3-7(8)11(18)15-5-9(16)13-10(17)6-15/h1-4,14H,5-6,12H2,(H,13,16,17). The van der Waals surface area contributed by atoms with Crippen molar-refractivity contribution in [2.24, 2.45) is 5.84 Å². The molecule has 7 heteroatoms. The molecule has 1 aromatic rings. The average molecular weight is 248 g/mol. The van der Waals surface area contributed by atoms with Crippen LogP contribution < -0.4 is 16.6 Å². The smallest absolute Gasteiger partial charge is 0.256 e. The SMILES string of the molecule is NNc1ccccc1C(=O)N1CC(=O)NC(=O)C1. The number of hydrazine groups is 1. The topological polar surface area (TPSA) is 105 Å². The molecule has 0 unspecified atom stereocenters. The molecule has 2 rings (SSSR count). The fourth-order valence-corrected chi connectivity index (χ4v) is 1.75. The Labute approximate surface area is 103 Å². The van der Waals surface area contributed by atoms with E-state index in [0.29, 0.717) is 11.3 Å². The fraction of sp³-hybridized carbons (Fsp3) is 0.182. The fourth-order valence-electron chi connectivity index (χ4n) is 1.75. The molecule has 1 aromatic carbocycles. The maximum absolute atomic E-state index is 12.2. The first-order chi connectivity index (χ1) is 8.61. The molecule has 1 saturated heterocycles. The van der Waals surface area contributed by atoms with Gasteiger partial charge in [0.25, 0.3) is 5.91 Å². The summed E-state index contributed by atoms with van der Waals surface area (Å²) in [5.74, 6) is 3.92. The summed E-state index contributed by atoms with van der Waals surface area (Å²) in [4.78, 5) is 35.8. The predicted octanol–water partition coefficient (Wildman–Crippen LogP) is -0.929. The van der Waals surface area contributed by atoms with E-state index in [1.54, 1.807) is 24.3 Å². The Balaban J connectivity index is 2.25. The number of carbonyl (C=O) groups excluding carboxylic acids is 3. The van der Waals surface area contributed by atoms with Crippen molar-refractivity contribution in [2.45, 2.75) is 0 Å². The van der Waals surface area contributed by atoms with E-state index in [2.05, 4.69) is 10.7 Å². The maximum Gasteiger partial charge on any atom is 0.256 e. The summed E-state index contributed by atoms with van der Waals surface area (Å²) < 4.78 is 0. The average Bonchev–Trinajstić information content (AvgIpc) is 2.36. The molecule has 0 aliphatic carbocycles. The molecule has 1 heterocycles. The maximum atomic E-state index is 12.2. The number of nitrogens with zero attached hydrogens (tertiary/aromatic N) is 1. The van der Waals surface area contributed by atoms with Crippen LogP contribution in [0.25, 0.3) is 0 Å². The first-order valence-corrected chi connectivity index (χ1v) is 5.29. The number of anilines is 1. The molecule has 1 aliphatic rings. The summed E-state index contributed by atoms with van der Waals surface area (Å²) >= 11 is 0. The molecule has 0 bridgehead atoms. The van der Waals surface area contributed by atoms with Gasteiger partial charge in [-0.05, 0) is 12.1 Å². The van der Waals surface area contributed by atoms with Gasteiger partial charge in [-0.3, -0.25) is 25.5 Å². The summed E-state index contributed by atoms with van der Waals surface area (Å²) in [6.07, 6.45) is 0. The second-order valence-electron chi connectivity index (χ2n) is 3.82. The van der Waals surface area contributed by atoms with Crippen LogP contribution in [-0.4, -0.2) is 35.7 Å². The minimum absolute atomic E-state index is 0.135. The molecule has 0 saturated carbocycles. The van der Waals surface area contributed by atoms with Crippen molar-refractivity contribution in [1.29, 1.82) is 0 Å². The molecule has 3 amide bonds. The molecule has 0 aromatic heterocycles. The third kappa shape index (κ3) is 2.30. The van der Waals surface area contributed by atoms with Crippen LogP contribution in [0.2, 0.25) is 0 Å². The van der Waals surface area contributed by atoms with Gasteiger partial charge < -0.3 is 10.3 Å². The van der Waals surface area contributed by atoms with Crippen molar-refractivity contribution in [1.82, 2.24) is 10.2 Å². The van der Waals surface area contributed by atoms with Gasteiger partial charge in [0.05, 0.1) is 11.3 Å². The molecule has 94 valence electrons. The van der Waals surface area contributed by atoms with E-state index in [4.69, 9.17) is 5.84 Å². The molecule has 0 spiro atoms. The third-order valence-electron chi connectivity index (χ3n) is 2.55. The largest absolute Gasteiger partial charge is 0.323 e. The summed E-state index contributed by atoms with van der Waals surface area (Å²) in [5, 5.41) is 2.13. The Morgan fingerprint density at radius 3 is 2.44 bits per heavy atom. The number of amides is 3. The van der Waals surface area contributed by atoms with Gasteiger partial charge in [0.2, 0.25) is 11.8 Å². The highest BCUT2D eigenvalue weighted by molar-refractivity contribution is 6.07. The van der Waals surface area contributed by atoms with Gasteiger partial charge in [-0.25, -0.2) is 0 Å². The number of imide groups is 1. The molecular weight excluding hydrogens is 236 g/mol. The Kier molecular flexibility index (Phi) is 3.24. The predicted molar refractivity (Wildman–Crippen MR) is 63.3 cm³/mol. The Hall–Kier alpha value is -2.41. The number of rotatable bonds is 2. The van der Waals surface area contributed by atoms with Crippen LogP contribution in [0.5, 0.6) is 0 Å². The number of nitrogens with two attached hydrogens (primary N) is 1. The number of hydrogen-bond donors (Lipinski definition) is 3. The number of para-hydroxylation sites is 1. The van der Waals surface area contributed by atoms with Crippen molar-refractivity contribution in [3.05, 3.63) is 29.8 Å². The van der Waals surface area contributed by atoms with E-state index in [0.717, 1.165) is 0 Å². The van der Waals surface area contributed by atoms with Crippen LogP contribution in [-0.2, 0) is 9.59 Å². The molecule has 1 fully saturated rings. The third-order valence-corrected chi connectivity index (χ3v) is 2.55. The zero-order valence-corrected chi connectivity index (χ0v) is 9.47. The Morgan fingerprint density at radius 1 is 1.22 bits per heavy atom. The highest BCUT2D eigenvalue weighted by Crippen LogP contribution is 2.16. The summed E-state index contributed by atoms with van der Waals surface area (Å²) in [5.41, 5.74) is 3.17. The van der Waals surface area contributed by atoms with Crippen LogP contribution in [0.1, 0.15) is 10.4 Å². The summed E-state index contributed by atoms with van der Waals surface area (Å²) in [6, 6.07) is 6.62. The van der Waals surface area contributed by atoms with Crippen molar-refractivity contribution < 1.29 is 14.4 Å². The van der Waals surface area contributed by atoms with Crippen LogP contribution in [0.4, 0.5) is 5.69 Å². The van der Waals surface area contributed by atoms with Crippen molar-refractivity contribution in [3.8, 4) is 0 Å². The lowest BCUT2D eigenvalue weighted by molar-refractivity contribution is -0.135. The van der Waals surface area contributed by atoms with Gasteiger partial charge in [-0.15, -0.1) is 0 Å². The van der Waals surface area contributed by atoms with E-state index >= 15 is 0 Å². The van der Waals surface area contributed by atoms with E-state index in [9.17, 15) is 14.4 Å². The molecular formula is C11H12N4O3. The van der Waals surface area contributed by atoms with Crippen molar-refractivity contribution in [2.75, 3.05) is 18.5 Å². The lowest BCUT2D eigenvalue weighted by Gasteiger charge is -2.26. The van der Waals surface area contributed by atoms with Gasteiger partial charge in [0.1, 0.15) is 13.1 Å². The molecule has 0 radical (unpaired) electrons. The quantitative estimate of drug-likeness (QED) is 0.356. The highest BCUT2D eigenvalue weighted by Gasteiger charge is 2.27. The lowest BCUT2D eigenvalue weighted by atomic mass is 10.1. The van der Waals surface area contributed by atoms with E-state index in [1.165, 1.54) is 4.90 Å². The molecule has 4 N–H and O–H groups in total. The van der Waals surface area contributed by atoms with E-state index in [1.807, 2.05) is 0 Å². The summed E-state index contributed by atoms with van der Waals surface area (Å²) in [7, 11) is 0. The Morgan fingerprint density at radius 2 is 1.83 bits per heavy atom. The number of hydrogen-bond acceptors (Lipinski definition) is 5. The van der Waals surface area contributed by atoms with Gasteiger partial charge >= 0.3 is 0 Å². The second kappa shape index (κ2) is 4.84. The molecule has 7 nitrogen and oxygen atoms in total. The highest BCUT2D eigenvalue weighted by atomic mass is 16.2. The molecule has 18 heavy (non-hydrogen) atoms. The van der Waals surface area contributed by atoms with Gasteiger partial charge in [0, 0.05) is 0 Å². The van der Waals surface area contributed by atoms with Crippen LogP contribution in [0.3, 0.4) is 0 Å². The van der Waals surface area contributed by atoms with Gasteiger partial charge in [-0.2, -0.15) is 0 Å². The number of piperazine rings is 1.